The van der Waals surface area contributed by atoms with Crippen molar-refractivity contribution >= 4 is 0 Å². The molecule has 0 amide bonds. The molecular weight excluding hydrogens is 262 g/mol. The van der Waals surface area contributed by atoms with Crippen molar-refractivity contribution in [2.45, 2.75) is 36.9 Å². The first-order valence-corrected chi connectivity index (χ1v) is 6.64. The Morgan fingerprint density at radius 2 is 2.00 bits per heavy atom. The minimum Gasteiger partial charge on any atom is -0.388 e. The van der Waals surface area contributed by atoms with Gasteiger partial charge in [-0.2, -0.15) is 0 Å². The summed E-state index contributed by atoms with van der Waals surface area (Å²) in [6, 6.07) is 8.93. The number of aliphatic hydroxyl groups is 1. The molecule has 2 aliphatic heterocycles. The maximum atomic E-state index is 10.3. The van der Waals surface area contributed by atoms with Crippen molar-refractivity contribution in [3.63, 3.8) is 0 Å². The van der Waals surface area contributed by atoms with Gasteiger partial charge in [0.1, 0.15) is 18.3 Å². The van der Waals surface area contributed by atoms with Crippen molar-refractivity contribution in [3.8, 4) is 0 Å². The Morgan fingerprint density at radius 1 is 1.25 bits per heavy atom. The van der Waals surface area contributed by atoms with Gasteiger partial charge in [-0.25, -0.2) is 0 Å². The molecule has 6 heteroatoms. The third kappa shape index (κ3) is 2.46. The summed E-state index contributed by atoms with van der Waals surface area (Å²) in [6.07, 6.45) is -2.91. The van der Waals surface area contributed by atoms with E-state index in [-0.39, 0.29) is 6.10 Å². The molecule has 2 fully saturated rings. The lowest BCUT2D eigenvalue weighted by atomic mass is 9.96. The van der Waals surface area contributed by atoms with Crippen LogP contribution in [0.2, 0.25) is 0 Å². The molecule has 2 heterocycles. The van der Waals surface area contributed by atoms with Gasteiger partial charge in [0.15, 0.2) is 12.6 Å². The monoisotopic (exact) mass is 281 g/mol. The van der Waals surface area contributed by atoms with Crippen molar-refractivity contribution in [3.05, 3.63) is 35.9 Å². The minimum atomic E-state index is -0.853. The molecule has 0 spiro atoms. The van der Waals surface area contributed by atoms with Crippen LogP contribution in [0, 0.1) is 0 Å². The number of fused-ring (bicyclic) bond motifs is 1. The second-order valence-electron chi connectivity index (χ2n) is 5.02. The Labute approximate surface area is 117 Å². The van der Waals surface area contributed by atoms with E-state index in [9.17, 15) is 5.11 Å². The Hall–Kier alpha value is -1.02. The van der Waals surface area contributed by atoms with E-state index < -0.39 is 30.8 Å². The number of benzene rings is 1. The molecule has 1 aromatic rings. The number of nitrogens with two attached hydrogens (primary N) is 1. The zero-order valence-corrected chi connectivity index (χ0v) is 11.2. The van der Waals surface area contributed by atoms with Crippen LogP contribution in [-0.4, -0.2) is 49.5 Å². The summed E-state index contributed by atoms with van der Waals surface area (Å²) in [5, 5.41) is 10.3. The highest BCUT2D eigenvalue weighted by Gasteiger charge is 2.48. The first kappa shape index (κ1) is 13.9. The smallest absolute Gasteiger partial charge is 0.184 e. The maximum Gasteiger partial charge on any atom is 0.184 e. The van der Waals surface area contributed by atoms with Crippen molar-refractivity contribution < 1.29 is 24.1 Å². The highest BCUT2D eigenvalue weighted by molar-refractivity contribution is 5.16. The first-order valence-electron chi connectivity index (χ1n) is 6.64. The molecular formula is C14H19NO5. The van der Waals surface area contributed by atoms with E-state index in [1.54, 1.807) is 0 Å². The van der Waals surface area contributed by atoms with Gasteiger partial charge in [0.25, 0.3) is 0 Å². The van der Waals surface area contributed by atoms with Gasteiger partial charge in [-0.15, -0.1) is 0 Å². The lowest BCUT2D eigenvalue weighted by molar-refractivity contribution is -0.339. The van der Waals surface area contributed by atoms with Crippen molar-refractivity contribution in [1.29, 1.82) is 0 Å². The van der Waals surface area contributed by atoms with Crippen molar-refractivity contribution in [1.82, 2.24) is 0 Å². The summed E-state index contributed by atoms with van der Waals surface area (Å²) in [4.78, 5) is 0. The molecule has 20 heavy (non-hydrogen) atoms. The molecule has 2 aliphatic rings. The van der Waals surface area contributed by atoms with E-state index in [0.717, 1.165) is 5.56 Å². The molecule has 1 aromatic carbocycles. The van der Waals surface area contributed by atoms with Gasteiger partial charge < -0.3 is 29.8 Å². The van der Waals surface area contributed by atoms with Gasteiger partial charge in [-0.05, 0) is 0 Å². The first-order chi connectivity index (χ1) is 9.70. The highest BCUT2D eigenvalue weighted by Crippen LogP contribution is 2.33. The SMILES string of the molecule is CO[C@@H]1OC2COC(c3ccccc3)O[C@H]2C(O)[C@H]1N. The lowest BCUT2D eigenvalue weighted by Crippen LogP contribution is -2.64. The molecule has 0 bridgehead atoms. The molecule has 6 atom stereocenters. The van der Waals surface area contributed by atoms with E-state index in [1.165, 1.54) is 7.11 Å². The number of rotatable bonds is 2. The number of hydrogen-bond donors (Lipinski definition) is 2. The van der Waals surface area contributed by atoms with Crippen LogP contribution in [0.5, 0.6) is 0 Å². The average molecular weight is 281 g/mol. The van der Waals surface area contributed by atoms with Crippen LogP contribution in [0.15, 0.2) is 30.3 Å². The van der Waals surface area contributed by atoms with Crippen molar-refractivity contribution in [2.75, 3.05) is 13.7 Å². The minimum absolute atomic E-state index is 0.327. The van der Waals surface area contributed by atoms with Crippen molar-refractivity contribution in [2.24, 2.45) is 5.73 Å². The summed E-state index contributed by atoms with van der Waals surface area (Å²) in [5.74, 6) is 0. The fraction of sp³-hybridized carbons (Fsp3) is 0.571. The molecule has 0 radical (unpaired) electrons. The van der Waals surface area contributed by atoms with E-state index in [2.05, 4.69) is 0 Å². The Morgan fingerprint density at radius 3 is 2.70 bits per heavy atom. The Balaban J connectivity index is 1.74. The largest absolute Gasteiger partial charge is 0.388 e. The number of ether oxygens (including phenoxy) is 4. The van der Waals surface area contributed by atoms with Gasteiger partial charge >= 0.3 is 0 Å². The van der Waals surface area contributed by atoms with Crippen LogP contribution in [0.25, 0.3) is 0 Å². The third-order valence-electron chi connectivity index (χ3n) is 3.72. The summed E-state index contributed by atoms with van der Waals surface area (Å²) in [6.45, 7) is 0.327. The molecule has 0 aliphatic carbocycles. The molecule has 3 unspecified atom stereocenters. The zero-order chi connectivity index (χ0) is 14.1. The highest BCUT2D eigenvalue weighted by atomic mass is 16.7. The topological polar surface area (TPSA) is 83.2 Å². The predicted octanol–water partition coefficient (Wildman–Crippen LogP) is 0.160. The summed E-state index contributed by atoms with van der Waals surface area (Å²) in [5.41, 5.74) is 6.81. The third-order valence-corrected chi connectivity index (χ3v) is 3.72. The normalized spacial score (nSPS) is 41.1. The predicted molar refractivity (Wildman–Crippen MR) is 69.7 cm³/mol. The molecule has 6 nitrogen and oxygen atoms in total. The molecule has 2 saturated heterocycles. The number of methoxy groups -OCH3 is 1. The molecule has 0 saturated carbocycles. The fourth-order valence-corrected chi connectivity index (χ4v) is 2.60. The second kappa shape index (κ2) is 5.77. The lowest BCUT2D eigenvalue weighted by Gasteiger charge is -2.46. The van der Waals surface area contributed by atoms with Crippen LogP contribution in [0.3, 0.4) is 0 Å². The van der Waals surface area contributed by atoms with Crippen LogP contribution in [0.4, 0.5) is 0 Å². The fourth-order valence-electron chi connectivity index (χ4n) is 2.60. The number of hydrogen-bond acceptors (Lipinski definition) is 6. The van der Waals surface area contributed by atoms with Gasteiger partial charge in [0, 0.05) is 12.7 Å². The van der Waals surface area contributed by atoms with E-state index in [1.807, 2.05) is 30.3 Å². The summed E-state index contributed by atoms with van der Waals surface area (Å²) in [7, 11) is 1.49. The quantitative estimate of drug-likeness (QED) is 0.803. The molecule has 0 aromatic heterocycles. The van der Waals surface area contributed by atoms with Crippen LogP contribution in [-0.2, 0) is 18.9 Å². The Bertz CT molecular complexity index is 440. The van der Waals surface area contributed by atoms with Crippen LogP contribution >= 0.6 is 0 Å². The maximum absolute atomic E-state index is 10.3. The van der Waals surface area contributed by atoms with Gasteiger partial charge in [0.2, 0.25) is 0 Å². The summed E-state index contributed by atoms with van der Waals surface area (Å²) < 4.78 is 22.2. The number of aliphatic hydroxyl groups excluding tert-OH is 1. The van der Waals surface area contributed by atoms with Gasteiger partial charge in [-0.3, -0.25) is 0 Å². The average Bonchev–Trinajstić information content (AvgIpc) is 2.51. The van der Waals surface area contributed by atoms with E-state index >= 15 is 0 Å². The van der Waals surface area contributed by atoms with Crippen LogP contribution < -0.4 is 5.73 Å². The van der Waals surface area contributed by atoms with E-state index in [0.29, 0.717) is 6.61 Å². The standard InChI is InChI=1S/C14H19NO5/c1-17-14-10(15)11(16)12-9(19-14)7-18-13(20-12)8-5-3-2-4-6-8/h2-6,9-14,16H,7,15H2,1H3/t9?,10-,11?,12-,13?,14-/m1/s1. The molecule has 3 N–H and O–H groups in total. The van der Waals surface area contributed by atoms with E-state index in [4.69, 9.17) is 24.7 Å². The Kier molecular flexibility index (Phi) is 4.02. The second-order valence-corrected chi connectivity index (χ2v) is 5.02. The molecule has 3 rings (SSSR count). The molecule has 110 valence electrons. The van der Waals surface area contributed by atoms with Gasteiger partial charge in [0.05, 0.1) is 12.6 Å². The summed E-state index contributed by atoms with van der Waals surface area (Å²) >= 11 is 0. The van der Waals surface area contributed by atoms with Crippen LogP contribution in [0.1, 0.15) is 11.9 Å². The van der Waals surface area contributed by atoms with Gasteiger partial charge in [-0.1, -0.05) is 30.3 Å². The zero-order valence-electron chi connectivity index (χ0n) is 11.2.